The largest absolute Gasteiger partial charge is 0.337 e. The maximum Gasteiger partial charge on any atom is 0.277 e. The van der Waals surface area contributed by atoms with Crippen molar-refractivity contribution in [1.29, 1.82) is 0 Å². The van der Waals surface area contributed by atoms with Gasteiger partial charge in [0, 0.05) is 6.42 Å². The van der Waals surface area contributed by atoms with E-state index in [1.54, 1.807) is 12.1 Å². The molecule has 0 atom stereocenters. The Labute approximate surface area is 115 Å². The second-order valence-electron chi connectivity index (χ2n) is 3.90. The SMILES string of the molecule is CCc1nc(NS(=O)(=O)c2ccc(C)cc2Cl)no1. The molecule has 0 unspecified atom stereocenters. The molecule has 2 rings (SSSR count). The fourth-order valence-corrected chi connectivity index (χ4v) is 2.97. The maximum absolute atomic E-state index is 12.1. The van der Waals surface area contributed by atoms with Crippen molar-refractivity contribution in [3.05, 3.63) is 34.7 Å². The molecular weight excluding hydrogens is 290 g/mol. The Morgan fingerprint density at radius 3 is 2.74 bits per heavy atom. The van der Waals surface area contributed by atoms with Gasteiger partial charge in [0.05, 0.1) is 5.02 Å². The molecule has 0 aliphatic rings. The van der Waals surface area contributed by atoms with E-state index >= 15 is 0 Å². The molecule has 19 heavy (non-hydrogen) atoms. The molecule has 0 saturated carbocycles. The second kappa shape index (κ2) is 5.18. The molecule has 0 saturated heterocycles. The van der Waals surface area contributed by atoms with Crippen molar-refractivity contribution in [2.45, 2.75) is 25.2 Å². The van der Waals surface area contributed by atoms with E-state index in [0.717, 1.165) is 5.56 Å². The summed E-state index contributed by atoms with van der Waals surface area (Å²) in [5.74, 6) is 0.251. The van der Waals surface area contributed by atoms with Crippen molar-refractivity contribution in [2.75, 3.05) is 4.72 Å². The van der Waals surface area contributed by atoms with Crippen LogP contribution >= 0.6 is 11.6 Å². The van der Waals surface area contributed by atoms with E-state index < -0.39 is 10.0 Å². The number of anilines is 1. The summed E-state index contributed by atoms with van der Waals surface area (Å²) in [6.07, 6.45) is 0.528. The van der Waals surface area contributed by atoms with Gasteiger partial charge in [-0.25, -0.2) is 13.1 Å². The molecule has 6 nitrogen and oxygen atoms in total. The maximum atomic E-state index is 12.1. The zero-order chi connectivity index (χ0) is 14.0. The predicted molar refractivity (Wildman–Crippen MR) is 70.7 cm³/mol. The predicted octanol–water partition coefficient (Wildman–Crippen LogP) is 2.39. The van der Waals surface area contributed by atoms with Gasteiger partial charge in [0.15, 0.2) is 0 Å². The lowest BCUT2D eigenvalue weighted by Crippen LogP contribution is -2.14. The summed E-state index contributed by atoms with van der Waals surface area (Å²) in [6, 6.07) is 4.67. The number of aryl methyl sites for hydroxylation is 2. The Bertz CT molecular complexity index is 697. The molecule has 0 radical (unpaired) electrons. The van der Waals surface area contributed by atoms with Crippen LogP contribution < -0.4 is 4.72 Å². The molecular formula is C11H12ClN3O3S. The van der Waals surface area contributed by atoms with Crippen LogP contribution in [0.2, 0.25) is 5.02 Å². The highest BCUT2D eigenvalue weighted by Gasteiger charge is 2.20. The molecule has 0 aliphatic carbocycles. The van der Waals surface area contributed by atoms with Gasteiger partial charge in [-0.3, -0.25) is 0 Å². The van der Waals surface area contributed by atoms with Gasteiger partial charge in [0.25, 0.3) is 16.0 Å². The molecule has 0 fully saturated rings. The highest BCUT2D eigenvalue weighted by atomic mass is 35.5. The molecule has 8 heteroatoms. The average Bonchev–Trinajstić information content (AvgIpc) is 2.75. The third-order valence-corrected chi connectivity index (χ3v) is 4.18. The first-order valence-corrected chi connectivity index (χ1v) is 7.40. The van der Waals surface area contributed by atoms with Crippen LogP contribution in [0, 0.1) is 6.92 Å². The topological polar surface area (TPSA) is 85.1 Å². The van der Waals surface area contributed by atoms with Crippen LogP contribution in [0.4, 0.5) is 5.95 Å². The van der Waals surface area contributed by atoms with Crippen molar-refractivity contribution in [2.24, 2.45) is 0 Å². The number of halogens is 1. The molecule has 2 aromatic rings. The summed E-state index contributed by atoms with van der Waals surface area (Å²) in [5.41, 5.74) is 0.872. The number of hydrogen-bond acceptors (Lipinski definition) is 5. The van der Waals surface area contributed by atoms with Gasteiger partial charge < -0.3 is 4.52 Å². The van der Waals surface area contributed by atoms with Crippen LogP contribution in [0.1, 0.15) is 18.4 Å². The van der Waals surface area contributed by atoms with Crippen molar-refractivity contribution in [3.63, 3.8) is 0 Å². The molecule has 0 spiro atoms. The number of rotatable bonds is 4. The van der Waals surface area contributed by atoms with Gasteiger partial charge in [0.1, 0.15) is 4.90 Å². The number of nitrogens with zero attached hydrogens (tertiary/aromatic N) is 2. The van der Waals surface area contributed by atoms with E-state index in [9.17, 15) is 8.42 Å². The monoisotopic (exact) mass is 301 g/mol. The zero-order valence-electron chi connectivity index (χ0n) is 10.3. The molecule has 0 aliphatic heterocycles. The van der Waals surface area contributed by atoms with Gasteiger partial charge in [-0.15, -0.1) is 0 Å². The van der Waals surface area contributed by atoms with Crippen LogP contribution in [0.25, 0.3) is 0 Å². The van der Waals surface area contributed by atoms with Crippen LogP contribution in [-0.2, 0) is 16.4 Å². The first-order chi connectivity index (χ1) is 8.92. The van der Waals surface area contributed by atoms with E-state index in [0.29, 0.717) is 12.3 Å². The average molecular weight is 302 g/mol. The smallest absolute Gasteiger partial charge is 0.277 e. The molecule has 0 bridgehead atoms. The molecule has 102 valence electrons. The minimum Gasteiger partial charge on any atom is -0.337 e. The zero-order valence-corrected chi connectivity index (χ0v) is 11.9. The van der Waals surface area contributed by atoms with Gasteiger partial charge in [-0.1, -0.05) is 24.6 Å². The fourth-order valence-electron chi connectivity index (χ4n) is 1.44. The Hall–Kier alpha value is -1.60. The Morgan fingerprint density at radius 1 is 1.42 bits per heavy atom. The lowest BCUT2D eigenvalue weighted by Gasteiger charge is -2.06. The van der Waals surface area contributed by atoms with Crippen molar-refractivity contribution in [3.8, 4) is 0 Å². The third-order valence-electron chi connectivity index (χ3n) is 2.37. The summed E-state index contributed by atoms with van der Waals surface area (Å²) in [7, 11) is -3.82. The van der Waals surface area contributed by atoms with Crippen LogP contribution in [0.3, 0.4) is 0 Å². The molecule has 1 aromatic heterocycles. The fraction of sp³-hybridized carbons (Fsp3) is 0.273. The van der Waals surface area contributed by atoms with E-state index in [2.05, 4.69) is 14.9 Å². The van der Waals surface area contributed by atoms with Crippen LogP contribution in [0.5, 0.6) is 0 Å². The number of benzene rings is 1. The lowest BCUT2D eigenvalue weighted by atomic mass is 10.2. The van der Waals surface area contributed by atoms with E-state index in [4.69, 9.17) is 16.1 Å². The van der Waals surface area contributed by atoms with Gasteiger partial charge >= 0.3 is 0 Å². The number of sulfonamides is 1. The summed E-state index contributed by atoms with van der Waals surface area (Å²) in [5, 5.41) is 3.67. The van der Waals surface area contributed by atoms with Crippen molar-refractivity contribution in [1.82, 2.24) is 10.1 Å². The molecule has 1 heterocycles. The Kier molecular flexibility index (Phi) is 3.77. The quantitative estimate of drug-likeness (QED) is 0.937. The highest BCUT2D eigenvalue weighted by Crippen LogP contribution is 2.24. The minimum atomic E-state index is -3.82. The molecule has 0 amide bonds. The number of nitrogens with one attached hydrogen (secondary N) is 1. The Balaban J connectivity index is 2.32. The highest BCUT2D eigenvalue weighted by molar-refractivity contribution is 7.92. The summed E-state index contributed by atoms with van der Waals surface area (Å²) < 4.78 is 31.3. The van der Waals surface area contributed by atoms with Crippen LogP contribution in [0.15, 0.2) is 27.6 Å². The number of hydrogen-bond donors (Lipinski definition) is 1. The van der Waals surface area contributed by atoms with E-state index in [-0.39, 0.29) is 15.9 Å². The van der Waals surface area contributed by atoms with Crippen molar-refractivity contribution >= 4 is 27.6 Å². The summed E-state index contributed by atoms with van der Waals surface area (Å²) >= 11 is 5.93. The van der Waals surface area contributed by atoms with Crippen LogP contribution in [-0.4, -0.2) is 18.6 Å². The summed E-state index contributed by atoms with van der Waals surface area (Å²) in [4.78, 5) is 3.85. The first-order valence-electron chi connectivity index (χ1n) is 5.54. The van der Waals surface area contributed by atoms with Gasteiger partial charge in [-0.05, 0) is 29.8 Å². The molecule has 1 aromatic carbocycles. The van der Waals surface area contributed by atoms with Gasteiger partial charge in [-0.2, -0.15) is 4.98 Å². The normalized spacial score (nSPS) is 11.5. The van der Waals surface area contributed by atoms with E-state index in [1.165, 1.54) is 6.07 Å². The summed E-state index contributed by atoms with van der Waals surface area (Å²) in [6.45, 7) is 3.64. The lowest BCUT2D eigenvalue weighted by molar-refractivity contribution is 0.383. The van der Waals surface area contributed by atoms with E-state index in [1.807, 2.05) is 13.8 Å². The third kappa shape index (κ3) is 3.05. The minimum absolute atomic E-state index is 0.0254. The standard InChI is InChI=1S/C11H12ClN3O3S/c1-3-10-13-11(14-18-10)15-19(16,17)9-5-4-7(2)6-8(9)12/h4-6H,3H2,1-2H3,(H,14,15). The number of aromatic nitrogens is 2. The second-order valence-corrected chi connectivity index (χ2v) is 5.96. The Morgan fingerprint density at radius 2 is 2.16 bits per heavy atom. The molecule has 1 N–H and O–H groups in total. The van der Waals surface area contributed by atoms with Gasteiger partial charge in [0.2, 0.25) is 5.89 Å². The van der Waals surface area contributed by atoms with Crippen molar-refractivity contribution < 1.29 is 12.9 Å². The first kappa shape index (κ1) is 13.8.